The van der Waals surface area contributed by atoms with E-state index in [1.165, 1.54) is 5.56 Å². The average Bonchev–Trinajstić information content (AvgIpc) is 2.57. The first-order valence-electron chi connectivity index (χ1n) is 8.27. The Bertz CT molecular complexity index is 843. The normalized spacial score (nSPS) is 11.3. The molecule has 2 N–H and O–H groups in total. The summed E-state index contributed by atoms with van der Waals surface area (Å²) in [5, 5.41) is 2.76. The lowest BCUT2D eigenvalue weighted by Gasteiger charge is -2.09. The predicted molar refractivity (Wildman–Crippen MR) is 100 cm³/mol. The van der Waals surface area contributed by atoms with Gasteiger partial charge in [0.1, 0.15) is 0 Å². The number of hydrogen-bond donors (Lipinski definition) is 2. The molecule has 0 aromatic heterocycles. The highest BCUT2D eigenvalue weighted by molar-refractivity contribution is 7.89. The molecule has 0 aliphatic heterocycles. The van der Waals surface area contributed by atoms with Gasteiger partial charge in [-0.15, -0.1) is 0 Å². The van der Waals surface area contributed by atoms with Gasteiger partial charge in [-0.25, -0.2) is 13.1 Å². The predicted octanol–water partition coefficient (Wildman–Crippen LogP) is 3.17. The first kappa shape index (κ1) is 19.1. The van der Waals surface area contributed by atoms with E-state index < -0.39 is 10.0 Å². The van der Waals surface area contributed by atoms with Crippen LogP contribution in [0.5, 0.6) is 0 Å². The minimum absolute atomic E-state index is 0.0497. The van der Waals surface area contributed by atoms with E-state index in [1.807, 2.05) is 38.1 Å². The van der Waals surface area contributed by atoms with Crippen molar-refractivity contribution in [2.45, 2.75) is 38.5 Å². The molecule has 0 spiro atoms. The smallest absolute Gasteiger partial charge is 0.240 e. The molecule has 5 nitrogen and oxygen atoms in total. The van der Waals surface area contributed by atoms with Gasteiger partial charge in [-0.2, -0.15) is 0 Å². The van der Waals surface area contributed by atoms with E-state index in [0.29, 0.717) is 5.69 Å². The number of rotatable bonds is 7. The van der Waals surface area contributed by atoms with Crippen LogP contribution in [0.25, 0.3) is 0 Å². The highest BCUT2D eigenvalue weighted by atomic mass is 32.2. The molecule has 0 saturated carbocycles. The molecule has 0 fully saturated rings. The van der Waals surface area contributed by atoms with Crippen LogP contribution in [0.15, 0.2) is 47.4 Å². The van der Waals surface area contributed by atoms with Gasteiger partial charge >= 0.3 is 0 Å². The van der Waals surface area contributed by atoms with Crippen molar-refractivity contribution >= 4 is 21.6 Å². The molecule has 134 valence electrons. The lowest BCUT2D eigenvalue weighted by Crippen LogP contribution is -2.28. The third-order valence-corrected chi connectivity index (χ3v) is 5.54. The van der Waals surface area contributed by atoms with Gasteiger partial charge in [-0.05, 0) is 61.2 Å². The van der Waals surface area contributed by atoms with Crippen molar-refractivity contribution in [3.63, 3.8) is 0 Å². The Kier molecular flexibility index (Phi) is 6.33. The Morgan fingerprint density at radius 3 is 2.28 bits per heavy atom. The van der Waals surface area contributed by atoms with Crippen molar-refractivity contribution in [3.05, 3.63) is 59.2 Å². The second-order valence-electron chi connectivity index (χ2n) is 5.99. The molecule has 0 aliphatic rings. The molecule has 1 amide bonds. The van der Waals surface area contributed by atoms with E-state index >= 15 is 0 Å². The van der Waals surface area contributed by atoms with Gasteiger partial charge in [0.25, 0.3) is 0 Å². The summed E-state index contributed by atoms with van der Waals surface area (Å²) >= 11 is 0. The average molecular weight is 360 g/mol. The van der Waals surface area contributed by atoms with Crippen LogP contribution in [-0.2, 0) is 21.2 Å². The maximum absolute atomic E-state index is 12.3. The van der Waals surface area contributed by atoms with Gasteiger partial charge in [0.05, 0.1) is 4.90 Å². The van der Waals surface area contributed by atoms with Crippen molar-refractivity contribution in [1.29, 1.82) is 0 Å². The van der Waals surface area contributed by atoms with Crippen molar-refractivity contribution in [3.8, 4) is 0 Å². The van der Waals surface area contributed by atoms with Gasteiger partial charge in [0.15, 0.2) is 0 Å². The molecule has 2 aromatic rings. The Morgan fingerprint density at radius 1 is 1.00 bits per heavy atom. The van der Waals surface area contributed by atoms with E-state index in [-0.39, 0.29) is 23.8 Å². The van der Waals surface area contributed by atoms with Crippen molar-refractivity contribution in [2.75, 3.05) is 11.9 Å². The minimum atomic E-state index is -3.61. The number of nitrogens with one attached hydrogen (secondary N) is 2. The summed E-state index contributed by atoms with van der Waals surface area (Å²) in [6.07, 6.45) is 1.01. The minimum Gasteiger partial charge on any atom is -0.326 e. The molecule has 0 atom stereocenters. The second kappa shape index (κ2) is 8.27. The molecule has 6 heteroatoms. The Balaban J connectivity index is 1.87. The quantitative estimate of drug-likeness (QED) is 0.796. The van der Waals surface area contributed by atoms with Crippen molar-refractivity contribution < 1.29 is 13.2 Å². The van der Waals surface area contributed by atoms with Crippen LogP contribution in [-0.4, -0.2) is 20.9 Å². The summed E-state index contributed by atoms with van der Waals surface area (Å²) in [6, 6.07) is 12.6. The topological polar surface area (TPSA) is 75.3 Å². The van der Waals surface area contributed by atoms with E-state index in [0.717, 1.165) is 17.5 Å². The summed E-state index contributed by atoms with van der Waals surface area (Å²) in [5.74, 6) is -0.230. The first-order chi connectivity index (χ1) is 11.8. The van der Waals surface area contributed by atoms with Crippen LogP contribution in [0.1, 0.15) is 30.0 Å². The number of carbonyl (C=O) groups excluding carboxylic acids is 1. The zero-order chi connectivity index (χ0) is 18.4. The number of hydrogen-bond acceptors (Lipinski definition) is 3. The van der Waals surface area contributed by atoms with Crippen LogP contribution in [0, 0.1) is 13.8 Å². The highest BCUT2D eigenvalue weighted by Crippen LogP contribution is 2.14. The zero-order valence-corrected chi connectivity index (χ0v) is 15.6. The lowest BCUT2D eigenvalue weighted by atomic mass is 10.1. The van der Waals surface area contributed by atoms with E-state index in [9.17, 15) is 13.2 Å². The fraction of sp³-hybridized carbons (Fsp3) is 0.316. The standard InChI is InChI=1S/C19H24N2O3S/c1-4-16-6-8-17(9-7-16)21-19(22)11-12-20-25(23,24)18-10-5-14(2)15(3)13-18/h5-10,13,20H,4,11-12H2,1-3H3,(H,21,22). The number of aryl methyl sites for hydroxylation is 3. The SMILES string of the molecule is CCc1ccc(NC(=O)CCNS(=O)(=O)c2ccc(C)c(C)c2)cc1. The molecule has 0 bridgehead atoms. The fourth-order valence-corrected chi connectivity index (χ4v) is 3.43. The van der Waals surface area contributed by atoms with Crippen LogP contribution in [0.2, 0.25) is 0 Å². The van der Waals surface area contributed by atoms with Crippen LogP contribution >= 0.6 is 0 Å². The Morgan fingerprint density at radius 2 is 1.68 bits per heavy atom. The highest BCUT2D eigenvalue weighted by Gasteiger charge is 2.14. The molecule has 0 saturated heterocycles. The van der Waals surface area contributed by atoms with Gasteiger partial charge in [-0.1, -0.05) is 25.1 Å². The fourth-order valence-electron chi connectivity index (χ4n) is 2.31. The molecule has 0 aliphatic carbocycles. The summed E-state index contributed by atoms with van der Waals surface area (Å²) in [7, 11) is -3.61. The van der Waals surface area contributed by atoms with Crippen molar-refractivity contribution in [1.82, 2.24) is 4.72 Å². The van der Waals surface area contributed by atoms with Crippen LogP contribution in [0.4, 0.5) is 5.69 Å². The summed E-state index contributed by atoms with van der Waals surface area (Å²) in [4.78, 5) is 12.2. The van der Waals surface area contributed by atoms with Crippen molar-refractivity contribution in [2.24, 2.45) is 0 Å². The molecule has 0 radical (unpaired) electrons. The Hall–Kier alpha value is -2.18. The molecule has 0 heterocycles. The second-order valence-corrected chi connectivity index (χ2v) is 7.76. The van der Waals surface area contributed by atoms with Crippen LogP contribution in [0.3, 0.4) is 0 Å². The monoisotopic (exact) mass is 360 g/mol. The summed E-state index contributed by atoms with van der Waals surface area (Å²) in [5.41, 5.74) is 3.85. The summed E-state index contributed by atoms with van der Waals surface area (Å²) < 4.78 is 27.0. The third-order valence-electron chi connectivity index (χ3n) is 4.08. The largest absolute Gasteiger partial charge is 0.326 e. The molecular weight excluding hydrogens is 336 g/mol. The molecule has 2 aromatic carbocycles. The van der Waals surface area contributed by atoms with Crippen LogP contribution < -0.4 is 10.0 Å². The lowest BCUT2D eigenvalue weighted by molar-refractivity contribution is -0.116. The zero-order valence-electron chi connectivity index (χ0n) is 14.8. The van der Waals surface area contributed by atoms with Gasteiger partial charge in [-0.3, -0.25) is 4.79 Å². The number of benzene rings is 2. The van der Waals surface area contributed by atoms with Gasteiger partial charge in [0, 0.05) is 18.7 Å². The Labute approximate surface area is 149 Å². The van der Waals surface area contributed by atoms with Gasteiger partial charge in [0.2, 0.25) is 15.9 Å². The number of anilines is 1. The number of amides is 1. The van der Waals surface area contributed by atoms with E-state index in [1.54, 1.807) is 18.2 Å². The number of sulfonamides is 1. The third kappa shape index (κ3) is 5.41. The van der Waals surface area contributed by atoms with Gasteiger partial charge < -0.3 is 5.32 Å². The molecule has 0 unspecified atom stereocenters. The maximum atomic E-state index is 12.3. The molecule has 2 rings (SSSR count). The molecule has 25 heavy (non-hydrogen) atoms. The van der Waals surface area contributed by atoms with E-state index in [4.69, 9.17) is 0 Å². The molecular formula is C19H24N2O3S. The summed E-state index contributed by atoms with van der Waals surface area (Å²) in [6.45, 7) is 5.91. The maximum Gasteiger partial charge on any atom is 0.240 e. The first-order valence-corrected chi connectivity index (χ1v) is 9.76. The number of carbonyl (C=O) groups is 1. The van der Waals surface area contributed by atoms with E-state index in [2.05, 4.69) is 17.0 Å².